The first kappa shape index (κ1) is 16.2. The lowest BCUT2D eigenvalue weighted by molar-refractivity contribution is -0.113. The Labute approximate surface area is 120 Å². The Morgan fingerprint density at radius 1 is 0.762 bits per heavy atom. The van der Waals surface area contributed by atoms with Crippen molar-refractivity contribution in [2.75, 3.05) is 0 Å². The van der Waals surface area contributed by atoms with E-state index < -0.39 is 29.1 Å². The van der Waals surface area contributed by atoms with Gasteiger partial charge in [0.15, 0.2) is 11.6 Å². The number of aliphatic hydroxyl groups excluding tert-OH is 2. The number of aromatic carboxylic acids is 1. The van der Waals surface area contributed by atoms with Crippen LogP contribution in [0.15, 0.2) is 30.4 Å². The summed E-state index contributed by atoms with van der Waals surface area (Å²) in [5.74, 6) is -2.97. The number of carboxylic acid groups (broad SMARTS) is 1. The van der Waals surface area contributed by atoms with E-state index >= 15 is 0 Å². The van der Waals surface area contributed by atoms with Crippen molar-refractivity contribution in [3.8, 4) is 0 Å². The second-order valence-electron chi connectivity index (χ2n) is 4.38. The minimum atomic E-state index is -1.27. The van der Waals surface area contributed by atoms with Crippen LogP contribution >= 0.6 is 0 Å². The lowest BCUT2D eigenvalue weighted by Gasteiger charge is -2.07. The van der Waals surface area contributed by atoms with E-state index in [0.29, 0.717) is 0 Å². The third-order valence-electron chi connectivity index (χ3n) is 2.45. The summed E-state index contributed by atoms with van der Waals surface area (Å²) in [4.78, 5) is 33.0. The maximum atomic E-state index is 11.1. The topological polar surface area (TPSA) is 112 Å². The lowest BCUT2D eigenvalue weighted by Crippen LogP contribution is -2.01. The van der Waals surface area contributed by atoms with E-state index in [1.165, 1.54) is 19.9 Å². The number of aliphatic hydroxyl groups is 2. The van der Waals surface area contributed by atoms with Crippen molar-refractivity contribution in [1.82, 2.24) is 0 Å². The Balaban J connectivity index is 3.47. The molecule has 0 aromatic heterocycles. The number of hydrogen-bond acceptors (Lipinski definition) is 5. The molecule has 0 aliphatic carbocycles. The van der Waals surface area contributed by atoms with Crippen molar-refractivity contribution in [3.63, 3.8) is 0 Å². The molecule has 0 aliphatic heterocycles. The van der Waals surface area contributed by atoms with Gasteiger partial charge in [0.05, 0.1) is 5.56 Å². The molecule has 6 nitrogen and oxygen atoms in total. The molecule has 0 amide bonds. The van der Waals surface area contributed by atoms with E-state index in [-0.39, 0.29) is 16.7 Å². The number of rotatable bonds is 5. The first-order chi connectivity index (χ1) is 9.70. The maximum absolute atomic E-state index is 11.1. The molecule has 0 bridgehead atoms. The Morgan fingerprint density at radius 3 is 1.38 bits per heavy atom. The van der Waals surface area contributed by atoms with Crippen molar-refractivity contribution in [1.29, 1.82) is 0 Å². The standard InChI is InChI=1S/C15H14O6/c1-8(16)3-13(18)10-5-11(14(19)4-9(2)17)7-12(6-10)15(20)21/h3-7,18-19H,1-2H3,(H,20,21)/b13-3-,14-4-. The predicted molar refractivity (Wildman–Crippen MR) is 76.0 cm³/mol. The number of carbonyl (C=O) groups is 3. The smallest absolute Gasteiger partial charge is 0.335 e. The van der Waals surface area contributed by atoms with Gasteiger partial charge in [0.1, 0.15) is 11.5 Å². The molecule has 1 aromatic carbocycles. The molecule has 0 aliphatic rings. The minimum absolute atomic E-state index is 0.0450. The van der Waals surface area contributed by atoms with Crippen LogP contribution in [0.1, 0.15) is 35.3 Å². The second kappa shape index (κ2) is 6.51. The van der Waals surface area contributed by atoms with Crippen molar-refractivity contribution in [2.45, 2.75) is 13.8 Å². The van der Waals surface area contributed by atoms with E-state index in [9.17, 15) is 24.6 Å². The van der Waals surface area contributed by atoms with Crippen molar-refractivity contribution >= 4 is 29.1 Å². The molecule has 1 rings (SSSR count). The molecule has 0 saturated heterocycles. The van der Waals surface area contributed by atoms with Crippen LogP contribution in [0.25, 0.3) is 11.5 Å². The van der Waals surface area contributed by atoms with E-state index in [4.69, 9.17) is 5.11 Å². The molecule has 6 heteroatoms. The monoisotopic (exact) mass is 290 g/mol. The van der Waals surface area contributed by atoms with Gasteiger partial charge in [-0.2, -0.15) is 0 Å². The van der Waals surface area contributed by atoms with Gasteiger partial charge in [-0.15, -0.1) is 0 Å². The third kappa shape index (κ3) is 4.61. The Kier molecular flexibility index (Phi) is 5.01. The van der Waals surface area contributed by atoms with E-state index in [2.05, 4.69) is 0 Å². The number of allylic oxidation sites excluding steroid dienone is 2. The summed E-state index contributed by atoms with van der Waals surface area (Å²) in [5, 5.41) is 28.6. The summed E-state index contributed by atoms with van der Waals surface area (Å²) in [6.45, 7) is 2.45. The number of ketones is 2. The molecule has 0 atom stereocenters. The SMILES string of the molecule is CC(=O)/C=C(\O)c1cc(C(=O)O)cc(/C(O)=C/C(C)=O)c1. The van der Waals surface area contributed by atoms with Gasteiger partial charge in [-0.25, -0.2) is 4.79 Å². The number of carboxylic acids is 1. The van der Waals surface area contributed by atoms with Crippen LogP contribution in [0, 0.1) is 0 Å². The van der Waals surface area contributed by atoms with Crippen molar-refractivity contribution in [2.24, 2.45) is 0 Å². The minimum Gasteiger partial charge on any atom is -0.507 e. The molecule has 1 aromatic rings. The molecular formula is C15H14O6. The zero-order valence-corrected chi connectivity index (χ0v) is 11.5. The van der Waals surface area contributed by atoms with Gasteiger partial charge in [-0.05, 0) is 32.0 Å². The van der Waals surface area contributed by atoms with Gasteiger partial charge in [0, 0.05) is 23.3 Å². The molecule has 0 radical (unpaired) electrons. The Bertz CT molecular complexity index is 618. The summed E-state index contributed by atoms with van der Waals surface area (Å²) in [6.07, 6.45) is 1.85. The fourth-order valence-electron chi connectivity index (χ4n) is 1.60. The third-order valence-corrected chi connectivity index (χ3v) is 2.45. The van der Waals surface area contributed by atoms with Gasteiger partial charge in [0.2, 0.25) is 0 Å². The quantitative estimate of drug-likeness (QED) is 0.567. The van der Waals surface area contributed by atoms with Gasteiger partial charge in [-0.3, -0.25) is 9.59 Å². The molecular weight excluding hydrogens is 276 g/mol. The van der Waals surface area contributed by atoms with Crippen molar-refractivity contribution in [3.05, 3.63) is 47.0 Å². The van der Waals surface area contributed by atoms with Crippen LogP contribution in [0.3, 0.4) is 0 Å². The first-order valence-electron chi connectivity index (χ1n) is 5.92. The highest BCUT2D eigenvalue weighted by Gasteiger charge is 2.12. The summed E-state index contributed by atoms with van der Waals surface area (Å²) in [7, 11) is 0. The average molecular weight is 290 g/mol. The molecule has 0 saturated carbocycles. The molecule has 0 spiro atoms. The summed E-state index contributed by atoms with van der Waals surface area (Å²) in [6, 6.07) is 3.58. The van der Waals surface area contributed by atoms with E-state index in [1.807, 2.05) is 0 Å². The molecule has 21 heavy (non-hydrogen) atoms. The highest BCUT2D eigenvalue weighted by Crippen LogP contribution is 2.21. The van der Waals surface area contributed by atoms with Gasteiger partial charge < -0.3 is 15.3 Å². The van der Waals surface area contributed by atoms with Gasteiger partial charge in [0.25, 0.3) is 0 Å². The van der Waals surface area contributed by atoms with Crippen LogP contribution in [-0.4, -0.2) is 32.9 Å². The van der Waals surface area contributed by atoms with E-state index in [1.54, 1.807) is 0 Å². The molecule has 0 fully saturated rings. The number of hydrogen-bond donors (Lipinski definition) is 3. The summed E-state index contributed by atoms with van der Waals surface area (Å²) in [5.41, 5.74) is -0.110. The van der Waals surface area contributed by atoms with Crippen LogP contribution in [-0.2, 0) is 9.59 Å². The van der Waals surface area contributed by atoms with E-state index in [0.717, 1.165) is 24.3 Å². The van der Waals surface area contributed by atoms with Gasteiger partial charge >= 0.3 is 5.97 Å². The highest BCUT2D eigenvalue weighted by molar-refractivity contribution is 5.96. The first-order valence-corrected chi connectivity index (χ1v) is 5.92. The molecule has 3 N–H and O–H groups in total. The van der Waals surface area contributed by atoms with Crippen LogP contribution in [0.4, 0.5) is 0 Å². The lowest BCUT2D eigenvalue weighted by atomic mass is 10.0. The zero-order chi connectivity index (χ0) is 16.2. The zero-order valence-electron chi connectivity index (χ0n) is 11.5. The summed E-state index contributed by atoms with van der Waals surface area (Å²) < 4.78 is 0. The molecule has 0 heterocycles. The fraction of sp³-hybridized carbons (Fsp3) is 0.133. The van der Waals surface area contributed by atoms with Crippen LogP contribution in [0.5, 0.6) is 0 Å². The van der Waals surface area contributed by atoms with Crippen LogP contribution in [0.2, 0.25) is 0 Å². The Hall–Kier alpha value is -2.89. The predicted octanol–water partition coefficient (Wildman–Crippen LogP) is 2.36. The van der Waals surface area contributed by atoms with Crippen LogP contribution < -0.4 is 0 Å². The Morgan fingerprint density at radius 2 is 1.10 bits per heavy atom. The number of carbonyl (C=O) groups excluding carboxylic acids is 2. The number of benzene rings is 1. The largest absolute Gasteiger partial charge is 0.507 e. The average Bonchev–Trinajstić information content (AvgIpc) is 2.36. The second-order valence-corrected chi connectivity index (χ2v) is 4.38. The van der Waals surface area contributed by atoms with Crippen molar-refractivity contribution < 1.29 is 29.7 Å². The normalized spacial score (nSPS) is 12.1. The summed E-state index contributed by atoms with van der Waals surface area (Å²) >= 11 is 0. The fourth-order valence-corrected chi connectivity index (χ4v) is 1.60. The van der Waals surface area contributed by atoms with Gasteiger partial charge in [-0.1, -0.05) is 0 Å². The highest BCUT2D eigenvalue weighted by atomic mass is 16.4. The maximum Gasteiger partial charge on any atom is 0.335 e. The molecule has 110 valence electrons. The molecule has 0 unspecified atom stereocenters.